The Morgan fingerprint density at radius 3 is 2.77 bits per heavy atom. The number of aryl methyl sites for hydroxylation is 1. The van der Waals surface area contributed by atoms with Crippen LogP contribution in [0.4, 0.5) is 15.1 Å². The van der Waals surface area contributed by atoms with Crippen LogP contribution in [0.25, 0.3) is 0 Å². The zero-order chi connectivity index (χ0) is 21.8. The van der Waals surface area contributed by atoms with E-state index in [1.54, 1.807) is 19.9 Å². The number of esters is 1. The van der Waals surface area contributed by atoms with Gasteiger partial charge in [-0.3, -0.25) is 9.59 Å². The Kier molecular flexibility index (Phi) is 6.71. The Bertz CT molecular complexity index is 989. The highest BCUT2D eigenvalue weighted by molar-refractivity contribution is 7.18. The monoisotopic (exact) mass is 433 g/mol. The fourth-order valence-corrected chi connectivity index (χ4v) is 4.69. The van der Waals surface area contributed by atoms with Crippen molar-refractivity contribution in [2.75, 3.05) is 37.0 Å². The molecule has 1 aliphatic heterocycles. The van der Waals surface area contributed by atoms with Crippen LogP contribution in [-0.2, 0) is 16.0 Å². The van der Waals surface area contributed by atoms with Crippen LogP contribution in [0.3, 0.4) is 0 Å². The fraction of sp³-hybridized carbons (Fsp3) is 0.381. The SMILES string of the molecule is CCOC(=O)c1c(NC(=O)CN2CCCc3cc(F)ccc32)sc(C(=O)NC)c1C. The lowest BCUT2D eigenvalue weighted by molar-refractivity contribution is -0.115. The van der Waals surface area contributed by atoms with Gasteiger partial charge in [0.2, 0.25) is 5.91 Å². The summed E-state index contributed by atoms with van der Waals surface area (Å²) in [5.74, 6) is -1.55. The molecule has 3 rings (SSSR count). The maximum Gasteiger partial charge on any atom is 0.341 e. The van der Waals surface area contributed by atoms with Crippen LogP contribution in [0.15, 0.2) is 18.2 Å². The van der Waals surface area contributed by atoms with Gasteiger partial charge in [-0.05, 0) is 56.0 Å². The Morgan fingerprint density at radius 2 is 2.07 bits per heavy atom. The van der Waals surface area contributed by atoms with E-state index in [4.69, 9.17) is 4.74 Å². The quantitative estimate of drug-likeness (QED) is 0.684. The Morgan fingerprint density at radius 1 is 1.30 bits per heavy atom. The van der Waals surface area contributed by atoms with Gasteiger partial charge < -0.3 is 20.3 Å². The first-order valence-electron chi connectivity index (χ1n) is 9.71. The summed E-state index contributed by atoms with van der Waals surface area (Å²) in [4.78, 5) is 39.6. The van der Waals surface area contributed by atoms with Gasteiger partial charge in [-0.1, -0.05) is 0 Å². The van der Waals surface area contributed by atoms with Gasteiger partial charge in [0.25, 0.3) is 5.91 Å². The number of amides is 2. The van der Waals surface area contributed by atoms with Crippen LogP contribution in [-0.4, -0.2) is 44.5 Å². The molecule has 0 fully saturated rings. The van der Waals surface area contributed by atoms with E-state index >= 15 is 0 Å². The van der Waals surface area contributed by atoms with Crippen molar-refractivity contribution in [1.82, 2.24) is 5.32 Å². The van der Waals surface area contributed by atoms with Gasteiger partial charge in [0, 0.05) is 19.3 Å². The maximum atomic E-state index is 13.5. The lowest BCUT2D eigenvalue weighted by atomic mass is 10.0. The third kappa shape index (κ3) is 4.46. The summed E-state index contributed by atoms with van der Waals surface area (Å²) in [6, 6.07) is 4.56. The van der Waals surface area contributed by atoms with E-state index in [0.717, 1.165) is 35.4 Å². The van der Waals surface area contributed by atoms with Crippen LogP contribution in [0.2, 0.25) is 0 Å². The maximum absolute atomic E-state index is 13.5. The average Bonchev–Trinajstić information content (AvgIpc) is 3.03. The van der Waals surface area contributed by atoms with Crippen LogP contribution < -0.4 is 15.5 Å². The van der Waals surface area contributed by atoms with Crippen LogP contribution in [0, 0.1) is 12.7 Å². The average molecular weight is 434 g/mol. The number of rotatable bonds is 6. The third-order valence-electron chi connectivity index (χ3n) is 4.90. The molecule has 0 aliphatic carbocycles. The molecule has 0 bridgehead atoms. The van der Waals surface area contributed by atoms with Crippen molar-refractivity contribution in [3.63, 3.8) is 0 Å². The predicted octanol–water partition coefficient (Wildman–Crippen LogP) is 3.12. The van der Waals surface area contributed by atoms with Crippen molar-refractivity contribution in [2.45, 2.75) is 26.7 Å². The highest BCUT2D eigenvalue weighted by Gasteiger charge is 2.27. The van der Waals surface area contributed by atoms with Crippen molar-refractivity contribution in [2.24, 2.45) is 0 Å². The second-order valence-corrected chi connectivity index (χ2v) is 7.93. The Hall–Kier alpha value is -2.94. The van der Waals surface area contributed by atoms with E-state index in [0.29, 0.717) is 17.0 Å². The standard InChI is InChI=1S/C21H24FN3O4S/c1-4-29-21(28)17-12(2)18(19(27)23-3)30-20(17)24-16(26)11-25-9-5-6-13-10-14(22)7-8-15(13)25/h7-8,10H,4-6,9,11H2,1-3H3,(H,23,27)(H,24,26). The molecule has 0 saturated heterocycles. The number of benzene rings is 1. The van der Waals surface area contributed by atoms with E-state index in [9.17, 15) is 18.8 Å². The summed E-state index contributed by atoms with van der Waals surface area (Å²) < 4.78 is 18.6. The first-order chi connectivity index (χ1) is 14.3. The smallest absolute Gasteiger partial charge is 0.341 e. The van der Waals surface area contributed by atoms with E-state index in [-0.39, 0.29) is 41.3 Å². The van der Waals surface area contributed by atoms with Gasteiger partial charge in [-0.2, -0.15) is 0 Å². The number of hydrogen-bond acceptors (Lipinski definition) is 6. The molecule has 30 heavy (non-hydrogen) atoms. The molecule has 2 aromatic rings. The summed E-state index contributed by atoms with van der Waals surface area (Å²) in [7, 11) is 1.50. The zero-order valence-electron chi connectivity index (χ0n) is 17.1. The first-order valence-corrected chi connectivity index (χ1v) is 10.5. The van der Waals surface area contributed by atoms with E-state index in [1.807, 2.05) is 4.90 Å². The van der Waals surface area contributed by atoms with E-state index in [2.05, 4.69) is 10.6 Å². The van der Waals surface area contributed by atoms with Crippen LogP contribution in [0.1, 0.15) is 44.5 Å². The van der Waals surface area contributed by atoms with Gasteiger partial charge in [0.15, 0.2) is 0 Å². The summed E-state index contributed by atoms with van der Waals surface area (Å²) >= 11 is 1.04. The molecule has 1 aromatic heterocycles. The highest BCUT2D eigenvalue weighted by Crippen LogP contribution is 2.34. The van der Waals surface area contributed by atoms with Gasteiger partial charge in [0.05, 0.1) is 23.6 Å². The Labute approximate surface area is 178 Å². The second kappa shape index (κ2) is 9.25. The molecule has 9 heteroatoms. The van der Waals surface area contributed by atoms with Crippen LogP contribution in [0.5, 0.6) is 0 Å². The minimum atomic E-state index is -0.588. The van der Waals surface area contributed by atoms with E-state index < -0.39 is 5.97 Å². The Balaban J connectivity index is 1.83. The number of nitrogens with zero attached hydrogens (tertiary/aromatic N) is 1. The number of ether oxygens (including phenoxy) is 1. The molecule has 1 aromatic carbocycles. The number of carbonyl (C=O) groups is 3. The fourth-order valence-electron chi connectivity index (χ4n) is 3.53. The number of thiophene rings is 1. The summed E-state index contributed by atoms with van der Waals surface area (Å²) in [6.45, 7) is 4.24. The van der Waals surface area contributed by atoms with Gasteiger partial charge in [-0.15, -0.1) is 11.3 Å². The number of halogens is 1. The molecule has 7 nitrogen and oxygen atoms in total. The largest absolute Gasteiger partial charge is 0.462 e. The number of fused-ring (bicyclic) bond motifs is 1. The predicted molar refractivity (Wildman–Crippen MR) is 114 cm³/mol. The molecular formula is C21H24FN3O4S. The third-order valence-corrected chi connectivity index (χ3v) is 6.11. The normalized spacial score (nSPS) is 12.9. The molecule has 2 N–H and O–H groups in total. The number of hydrogen-bond donors (Lipinski definition) is 2. The number of carbonyl (C=O) groups excluding carboxylic acids is 3. The van der Waals surface area contributed by atoms with E-state index in [1.165, 1.54) is 19.2 Å². The minimum absolute atomic E-state index is 0.0488. The molecule has 0 unspecified atom stereocenters. The minimum Gasteiger partial charge on any atom is -0.462 e. The van der Waals surface area contributed by atoms with Crippen LogP contribution >= 0.6 is 11.3 Å². The van der Waals surface area contributed by atoms with Gasteiger partial charge in [0.1, 0.15) is 10.8 Å². The first kappa shape index (κ1) is 21.8. The molecule has 2 heterocycles. The van der Waals surface area contributed by atoms with Crippen molar-refractivity contribution >= 4 is 39.8 Å². The highest BCUT2D eigenvalue weighted by atomic mass is 32.1. The molecule has 160 valence electrons. The lowest BCUT2D eigenvalue weighted by Gasteiger charge is -2.30. The molecule has 2 amide bonds. The molecule has 0 spiro atoms. The number of anilines is 2. The topological polar surface area (TPSA) is 87.7 Å². The number of nitrogens with one attached hydrogen (secondary N) is 2. The van der Waals surface area contributed by atoms with Gasteiger partial charge in [-0.25, -0.2) is 9.18 Å². The lowest BCUT2D eigenvalue weighted by Crippen LogP contribution is -2.36. The summed E-state index contributed by atoms with van der Waals surface area (Å²) in [6.07, 6.45) is 1.58. The molecule has 0 saturated carbocycles. The summed E-state index contributed by atoms with van der Waals surface area (Å²) in [5, 5.41) is 5.58. The molecule has 1 aliphatic rings. The van der Waals surface area contributed by atoms with Crippen molar-refractivity contribution in [1.29, 1.82) is 0 Å². The van der Waals surface area contributed by atoms with Crippen molar-refractivity contribution < 1.29 is 23.5 Å². The molecular weight excluding hydrogens is 409 g/mol. The summed E-state index contributed by atoms with van der Waals surface area (Å²) in [5.41, 5.74) is 2.36. The second-order valence-electron chi connectivity index (χ2n) is 6.91. The zero-order valence-corrected chi connectivity index (χ0v) is 18.0. The van der Waals surface area contributed by atoms with Crippen molar-refractivity contribution in [3.8, 4) is 0 Å². The van der Waals surface area contributed by atoms with Crippen molar-refractivity contribution in [3.05, 3.63) is 45.6 Å². The van der Waals surface area contributed by atoms with Gasteiger partial charge >= 0.3 is 5.97 Å². The molecule has 0 radical (unpaired) electrons. The molecule has 0 atom stereocenters.